The van der Waals surface area contributed by atoms with E-state index in [2.05, 4.69) is 39.5 Å². The second-order valence-electron chi connectivity index (χ2n) is 8.13. The third kappa shape index (κ3) is 7.06. The average Bonchev–Trinajstić information content (AvgIpc) is 2.49. The molecule has 0 spiro atoms. The molecule has 1 aliphatic rings. The Bertz CT molecular complexity index is 511. The molecule has 2 rings (SSSR count). The van der Waals surface area contributed by atoms with Gasteiger partial charge < -0.3 is 4.74 Å². The van der Waals surface area contributed by atoms with Crippen molar-refractivity contribution in [3.8, 4) is 5.75 Å². The smallest absolute Gasteiger partial charge is 0.153 e. The Balaban J connectivity index is 0.000000307. The SMILES string of the molecule is CC(C)(C)S(C)(C)C.O=Cc1cc(Cl)ccc1OC1CCCCC1. The number of rotatable bonds is 3. The fraction of sp³-hybridized carbons (Fsp3) is 0.650. The molecule has 1 aromatic carbocycles. The van der Waals surface area contributed by atoms with Crippen molar-refractivity contribution in [3.05, 3.63) is 28.8 Å². The number of benzene rings is 1. The predicted octanol–water partition coefficient (Wildman–Crippen LogP) is 6.34. The van der Waals surface area contributed by atoms with Gasteiger partial charge in [0.1, 0.15) is 5.75 Å². The van der Waals surface area contributed by atoms with E-state index in [4.69, 9.17) is 16.3 Å². The average molecular weight is 373 g/mol. The molecule has 1 saturated carbocycles. The van der Waals surface area contributed by atoms with Crippen LogP contribution in [0.4, 0.5) is 0 Å². The lowest BCUT2D eigenvalue weighted by Gasteiger charge is -2.40. The number of halogens is 1. The van der Waals surface area contributed by atoms with Crippen molar-refractivity contribution < 1.29 is 9.53 Å². The quantitative estimate of drug-likeness (QED) is 0.578. The molecule has 4 heteroatoms. The topological polar surface area (TPSA) is 26.3 Å². The summed E-state index contributed by atoms with van der Waals surface area (Å²) in [5.74, 6) is 0.659. The van der Waals surface area contributed by atoms with E-state index >= 15 is 0 Å². The Morgan fingerprint density at radius 1 is 1.12 bits per heavy atom. The first-order valence-electron chi connectivity index (χ1n) is 8.64. The molecule has 1 aromatic rings. The molecule has 0 N–H and O–H groups in total. The van der Waals surface area contributed by atoms with Gasteiger partial charge in [-0.3, -0.25) is 4.79 Å². The van der Waals surface area contributed by atoms with Gasteiger partial charge in [0.05, 0.1) is 11.7 Å². The van der Waals surface area contributed by atoms with Crippen LogP contribution in [0, 0.1) is 0 Å². The van der Waals surface area contributed by atoms with Crippen LogP contribution < -0.4 is 4.74 Å². The zero-order valence-electron chi connectivity index (χ0n) is 16.0. The second kappa shape index (κ2) is 9.15. The van der Waals surface area contributed by atoms with E-state index in [9.17, 15) is 4.79 Å². The minimum Gasteiger partial charge on any atom is -0.490 e. The summed E-state index contributed by atoms with van der Waals surface area (Å²) < 4.78 is 6.36. The van der Waals surface area contributed by atoms with Crippen molar-refractivity contribution in [2.45, 2.75) is 63.7 Å². The lowest BCUT2D eigenvalue weighted by atomic mass is 9.98. The predicted molar refractivity (Wildman–Crippen MR) is 109 cm³/mol. The summed E-state index contributed by atoms with van der Waals surface area (Å²) in [4.78, 5) is 10.9. The van der Waals surface area contributed by atoms with Gasteiger partial charge in [0, 0.05) is 5.02 Å². The van der Waals surface area contributed by atoms with Crippen LogP contribution in [0.25, 0.3) is 0 Å². The maximum atomic E-state index is 10.9. The highest BCUT2D eigenvalue weighted by Crippen LogP contribution is 2.48. The number of carbonyl (C=O) groups excluding carboxylic acids is 1. The third-order valence-electron chi connectivity index (χ3n) is 4.78. The van der Waals surface area contributed by atoms with Crippen LogP contribution in [0.1, 0.15) is 63.2 Å². The van der Waals surface area contributed by atoms with E-state index < -0.39 is 0 Å². The van der Waals surface area contributed by atoms with Gasteiger partial charge in [-0.15, -0.1) is 0 Å². The maximum Gasteiger partial charge on any atom is 0.153 e. The summed E-state index contributed by atoms with van der Waals surface area (Å²) in [5.41, 5.74) is 0.540. The zero-order valence-corrected chi connectivity index (χ0v) is 17.6. The van der Waals surface area contributed by atoms with Gasteiger partial charge in [0.2, 0.25) is 0 Å². The summed E-state index contributed by atoms with van der Waals surface area (Å²) in [6.07, 6.45) is 14.0. The monoisotopic (exact) mass is 372 g/mol. The van der Waals surface area contributed by atoms with Crippen molar-refractivity contribution in [2.75, 3.05) is 18.8 Å². The molecule has 1 fully saturated rings. The summed E-state index contributed by atoms with van der Waals surface area (Å²) in [6, 6.07) is 5.18. The summed E-state index contributed by atoms with van der Waals surface area (Å²) in [7, 11) is -0.340. The van der Waals surface area contributed by atoms with E-state index in [-0.39, 0.29) is 16.1 Å². The molecule has 0 amide bonds. The maximum absolute atomic E-state index is 10.9. The number of hydrogen-bond donors (Lipinski definition) is 0. The van der Waals surface area contributed by atoms with Gasteiger partial charge >= 0.3 is 0 Å². The fourth-order valence-electron chi connectivity index (χ4n) is 2.08. The lowest BCUT2D eigenvalue weighted by molar-refractivity contribution is 0.111. The molecular formula is C20H33ClO2S. The summed E-state index contributed by atoms with van der Waals surface area (Å²) >= 11 is 5.82. The van der Waals surface area contributed by atoms with Crippen molar-refractivity contribution >= 4 is 27.9 Å². The van der Waals surface area contributed by atoms with Crippen molar-refractivity contribution in [1.82, 2.24) is 0 Å². The second-order valence-corrected chi connectivity index (χ2v) is 13.5. The summed E-state index contributed by atoms with van der Waals surface area (Å²) in [5, 5.41) is 0.568. The molecular weight excluding hydrogens is 340 g/mol. The van der Waals surface area contributed by atoms with Crippen LogP contribution in [0.5, 0.6) is 5.75 Å². The highest BCUT2D eigenvalue weighted by Gasteiger charge is 2.22. The molecule has 2 nitrogen and oxygen atoms in total. The Morgan fingerprint density at radius 2 is 1.67 bits per heavy atom. The Hall–Kier alpha value is -0.670. The largest absolute Gasteiger partial charge is 0.490 e. The van der Waals surface area contributed by atoms with Gasteiger partial charge in [-0.25, -0.2) is 10.0 Å². The molecule has 24 heavy (non-hydrogen) atoms. The van der Waals surface area contributed by atoms with E-state index in [0.29, 0.717) is 21.1 Å². The summed E-state index contributed by atoms with van der Waals surface area (Å²) in [6.45, 7) is 6.92. The Morgan fingerprint density at radius 3 is 2.12 bits per heavy atom. The highest BCUT2D eigenvalue weighted by molar-refractivity contribution is 8.33. The molecule has 0 aliphatic heterocycles. The number of carbonyl (C=O) groups is 1. The molecule has 0 heterocycles. The molecule has 1 aliphatic carbocycles. The first-order valence-corrected chi connectivity index (χ1v) is 11.9. The number of hydrogen-bond acceptors (Lipinski definition) is 2. The minimum absolute atomic E-state index is 0.258. The van der Waals surface area contributed by atoms with Crippen LogP contribution in [0.3, 0.4) is 0 Å². The number of ether oxygens (including phenoxy) is 1. The minimum atomic E-state index is -0.340. The normalized spacial score (nSPS) is 16.8. The Kier molecular flexibility index (Phi) is 8.14. The van der Waals surface area contributed by atoms with Crippen molar-refractivity contribution in [3.63, 3.8) is 0 Å². The van der Waals surface area contributed by atoms with E-state index in [0.717, 1.165) is 19.1 Å². The van der Waals surface area contributed by atoms with Crippen LogP contribution in [0.15, 0.2) is 18.2 Å². The van der Waals surface area contributed by atoms with Gasteiger partial charge in [-0.1, -0.05) is 38.8 Å². The highest BCUT2D eigenvalue weighted by atomic mass is 35.5. The first-order chi connectivity index (χ1) is 11.0. The molecule has 0 aromatic heterocycles. The van der Waals surface area contributed by atoms with Crippen LogP contribution in [0.2, 0.25) is 5.02 Å². The molecule has 0 atom stereocenters. The third-order valence-corrected chi connectivity index (χ3v) is 8.69. The first kappa shape index (κ1) is 21.4. The molecule has 0 bridgehead atoms. The fourth-order valence-corrected chi connectivity index (χ4v) is 2.26. The van der Waals surface area contributed by atoms with Crippen LogP contribution >= 0.6 is 21.6 Å². The lowest BCUT2D eigenvalue weighted by Crippen LogP contribution is -2.21. The van der Waals surface area contributed by atoms with Gasteiger partial charge in [-0.05, 0) is 67.4 Å². The van der Waals surface area contributed by atoms with E-state index in [1.54, 1.807) is 18.2 Å². The van der Waals surface area contributed by atoms with Gasteiger partial charge in [0.25, 0.3) is 0 Å². The standard InChI is InChI=1S/C13H15ClO2.C7H18S/c14-11-6-7-13(10(8-11)9-15)16-12-4-2-1-3-5-12;1-7(2,3)8(4,5)6/h6-9,12H,1-5H2;1-6H3. The van der Waals surface area contributed by atoms with Gasteiger partial charge in [0.15, 0.2) is 6.29 Å². The van der Waals surface area contributed by atoms with Crippen molar-refractivity contribution in [2.24, 2.45) is 0 Å². The zero-order chi connectivity index (χ0) is 18.4. The van der Waals surface area contributed by atoms with Crippen molar-refractivity contribution in [1.29, 1.82) is 0 Å². The van der Waals surface area contributed by atoms with Crippen LogP contribution in [-0.4, -0.2) is 35.9 Å². The Labute approximate surface area is 154 Å². The molecule has 0 radical (unpaired) electrons. The van der Waals surface area contributed by atoms with E-state index in [1.165, 1.54) is 19.3 Å². The molecule has 0 saturated heterocycles. The number of aldehydes is 1. The van der Waals surface area contributed by atoms with Gasteiger partial charge in [-0.2, -0.15) is 0 Å². The molecule has 138 valence electrons. The van der Waals surface area contributed by atoms with Crippen LogP contribution in [-0.2, 0) is 0 Å². The molecule has 0 unspecified atom stereocenters. The van der Waals surface area contributed by atoms with E-state index in [1.807, 2.05) is 0 Å².